The molecule has 1 unspecified atom stereocenters. The Morgan fingerprint density at radius 2 is 2.19 bits per heavy atom. The van der Waals surface area contributed by atoms with Crippen LogP contribution in [-0.4, -0.2) is 52.0 Å². The highest BCUT2D eigenvalue weighted by Crippen LogP contribution is 2.25. The number of hydrogen-bond donors (Lipinski definition) is 2. The number of nitrogens with zero attached hydrogens (tertiary/aromatic N) is 3. The molecule has 6 nitrogen and oxygen atoms in total. The highest BCUT2D eigenvalue weighted by molar-refractivity contribution is 4.71. The number of hydrogen-bond acceptors (Lipinski definition) is 5. The zero-order chi connectivity index (χ0) is 14.9. The molecule has 1 aliphatic rings. The van der Waals surface area contributed by atoms with Gasteiger partial charge >= 0.3 is 0 Å². The van der Waals surface area contributed by atoms with Crippen molar-refractivity contribution in [3.05, 3.63) is 12.4 Å². The molecule has 6 heteroatoms. The number of aromatic nitrogens is 3. The van der Waals surface area contributed by atoms with Crippen molar-refractivity contribution in [3.8, 4) is 0 Å². The number of aryl methyl sites for hydroxylation is 1. The molecule has 1 aromatic rings. The van der Waals surface area contributed by atoms with Gasteiger partial charge in [-0.25, -0.2) is 0 Å². The predicted molar refractivity (Wildman–Crippen MR) is 80.9 cm³/mol. The third-order valence-electron chi connectivity index (χ3n) is 4.08. The summed E-state index contributed by atoms with van der Waals surface area (Å²) in [5.74, 6) is 0.835. The van der Waals surface area contributed by atoms with Crippen LogP contribution in [0.2, 0.25) is 0 Å². The largest absolute Gasteiger partial charge is 0.389 e. The van der Waals surface area contributed by atoms with Crippen LogP contribution < -0.4 is 5.32 Å². The monoisotopic (exact) mass is 296 g/mol. The molecule has 1 saturated carbocycles. The Hall–Kier alpha value is -0.980. The smallest absolute Gasteiger partial charge is 0.0897 e. The van der Waals surface area contributed by atoms with Crippen LogP contribution in [0.4, 0.5) is 0 Å². The number of aliphatic hydroxyl groups excluding tert-OH is 1. The van der Waals surface area contributed by atoms with E-state index in [9.17, 15) is 5.11 Å². The molecule has 0 bridgehead atoms. The van der Waals surface area contributed by atoms with E-state index in [1.54, 1.807) is 6.20 Å². The van der Waals surface area contributed by atoms with E-state index in [1.165, 1.54) is 12.8 Å². The summed E-state index contributed by atoms with van der Waals surface area (Å²) in [5, 5.41) is 20.8. The molecule has 0 spiro atoms. The lowest BCUT2D eigenvalue weighted by Crippen LogP contribution is -2.33. The van der Waals surface area contributed by atoms with Crippen LogP contribution in [-0.2, 0) is 11.3 Å². The van der Waals surface area contributed by atoms with Crippen LogP contribution >= 0.6 is 0 Å². The first-order chi connectivity index (χ1) is 10.2. The van der Waals surface area contributed by atoms with Gasteiger partial charge in [-0.2, -0.15) is 0 Å². The molecule has 1 atom stereocenters. The fraction of sp³-hybridized carbons (Fsp3) is 0.867. The normalized spacial score (nSPS) is 24.1. The lowest BCUT2D eigenvalue weighted by atomic mass is 9.89. The van der Waals surface area contributed by atoms with Crippen molar-refractivity contribution < 1.29 is 9.84 Å². The Morgan fingerprint density at radius 1 is 1.38 bits per heavy atom. The maximum Gasteiger partial charge on any atom is 0.0897 e. The van der Waals surface area contributed by atoms with Crippen molar-refractivity contribution in [1.29, 1.82) is 0 Å². The summed E-state index contributed by atoms with van der Waals surface area (Å²) in [7, 11) is 0. The molecule has 0 aliphatic heterocycles. The Morgan fingerprint density at radius 3 is 2.90 bits per heavy atom. The fourth-order valence-corrected chi connectivity index (χ4v) is 2.69. The Balaban J connectivity index is 1.45. The van der Waals surface area contributed by atoms with Crippen LogP contribution in [0.5, 0.6) is 0 Å². The van der Waals surface area contributed by atoms with Gasteiger partial charge in [-0.3, -0.25) is 4.68 Å². The third-order valence-corrected chi connectivity index (χ3v) is 4.08. The summed E-state index contributed by atoms with van der Waals surface area (Å²) in [6, 6.07) is 0. The molecule has 0 aromatic carbocycles. The average molecular weight is 296 g/mol. The zero-order valence-corrected chi connectivity index (χ0v) is 12.9. The second-order valence-electron chi connectivity index (χ2n) is 6.09. The molecule has 2 N–H and O–H groups in total. The van der Waals surface area contributed by atoms with E-state index in [1.807, 2.05) is 10.9 Å². The van der Waals surface area contributed by atoms with Gasteiger partial charge in [-0.15, -0.1) is 5.10 Å². The molecule has 2 rings (SSSR count). The quantitative estimate of drug-likeness (QED) is 0.670. The van der Waals surface area contributed by atoms with Crippen molar-refractivity contribution in [2.75, 3.05) is 19.7 Å². The van der Waals surface area contributed by atoms with E-state index in [0.29, 0.717) is 19.3 Å². The Labute approximate surface area is 126 Å². The standard InChI is InChI=1S/C15H28N4O2/c1-13-3-5-15(6-4-13)21-12-14(20)11-16-7-2-9-19-10-8-17-18-19/h8,10,13-16,20H,2-7,9,11-12H2,1H3. The second-order valence-corrected chi connectivity index (χ2v) is 6.09. The predicted octanol–water partition coefficient (Wildman–Crippen LogP) is 1.21. The molecule has 1 aromatic heterocycles. The van der Waals surface area contributed by atoms with Crippen molar-refractivity contribution in [3.63, 3.8) is 0 Å². The maximum absolute atomic E-state index is 9.90. The number of aliphatic hydroxyl groups is 1. The first-order valence-electron chi connectivity index (χ1n) is 8.08. The van der Waals surface area contributed by atoms with Gasteiger partial charge in [0, 0.05) is 19.3 Å². The first kappa shape index (κ1) is 16.4. The molecule has 120 valence electrons. The van der Waals surface area contributed by atoms with Gasteiger partial charge in [0.25, 0.3) is 0 Å². The van der Waals surface area contributed by atoms with E-state index in [0.717, 1.165) is 38.3 Å². The SMILES string of the molecule is CC1CCC(OCC(O)CNCCCn2ccnn2)CC1. The molecule has 1 heterocycles. The summed E-state index contributed by atoms with van der Waals surface area (Å²) in [6.07, 6.45) is 9.21. The van der Waals surface area contributed by atoms with Crippen LogP contribution in [0.25, 0.3) is 0 Å². The molecular weight excluding hydrogens is 268 g/mol. The third kappa shape index (κ3) is 6.54. The lowest BCUT2D eigenvalue weighted by molar-refractivity contribution is -0.0277. The van der Waals surface area contributed by atoms with Gasteiger partial charge in [-0.05, 0) is 44.6 Å². The van der Waals surface area contributed by atoms with Crippen LogP contribution in [0.1, 0.15) is 39.0 Å². The Bertz CT molecular complexity index is 364. The van der Waals surface area contributed by atoms with Gasteiger partial charge in [0.05, 0.1) is 25.0 Å². The maximum atomic E-state index is 9.90. The van der Waals surface area contributed by atoms with E-state index in [4.69, 9.17) is 4.74 Å². The lowest BCUT2D eigenvalue weighted by Gasteiger charge is -2.27. The van der Waals surface area contributed by atoms with Crippen molar-refractivity contribution in [2.24, 2.45) is 5.92 Å². The number of rotatable bonds is 9. The van der Waals surface area contributed by atoms with E-state index in [2.05, 4.69) is 22.6 Å². The zero-order valence-electron chi connectivity index (χ0n) is 12.9. The summed E-state index contributed by atoms with van der Waals surface area (Å²) < 4.78 is 7.61. The Kier molecular flexibility index (Phi) is 7.12. The van der Waals surface area contributed by atoms with E-state index in [-0.39, 0.29) is 0 Å². The van der Waals surface area contributed by atoms with Gasteiger partial charge in [0.15, 0.2) is 0 Å². The van der Waals surface area contributed by atoms with Crippen LogP contribution in [0, 0.1) is 5.92 Å². The topological polar surface area (TPSA) is 72.2 Å². The molecular formula is C15H28N4O2. The van der Waals surface area contributed by atoms with Gasteiger partial charge in [0.1, 0.15) is 0 Å². The van der Waals surface area contributed by atoms with E-state index < -0.39 is 6.10 Å². The summed E-state index contributed by atoms with van der Waals surface area (Å²) in [6.45, 7) is 5.03. The number of nitrogens with one attached hydrogen (secondary N) is 1. The van der Waals surface area contributed by atoms with Crippen LogP contribution in [0.15, 0.2) is 12.4 Å². The minimum atomic E-state index is -0.421. The second kappa shape index (κ2) is 9.12. The highest BCUT2D eigenvalue weighted by Gasteiger charge is 2.19. The summed E-state index contributed by atoms with van der Waals surface area (Å²) in [4.78, 5) is 0. The molecule has 1 aliphatic carbocycles. The van der Waals surface area contributed by atoms with Crippen molar-refractivity contribution >= 4 is 0 Å². The molecule has 1 fully saturated rings. The number of ether oxygens (including phenoxy) is 1. The molecule has 21 heavy (non-hydrogen) atoms. The minimum absolute atomic E-state index is 0.350. The van der Waals surface area contributed by atoms with Gasteiger partial charge < -0.3 is 15.2 Å². The highest BCUT2D eigenvalue weighted by atomic mass is 16.5. The minimum Gasteiger partial charge on any atom is -0.389 e. The van der Waals surface area contributed by atoms with Gasteiger partial charge in [-0.1, -0.05) is 12.1 Å². The molecule has 0 amide bonds. The fourth-order valence-electron chi connectivity index (χ4n) is 2.69. The van der Waals surface area contributed by atoms with Crippen molar-refractivity contribution in [1.82, 2.24) is 20.3 Å². The summed E-state index contributed by atoms with van der Waals surface area (Å²) in [5.41, 5.74) is 0. The van der Waals surface area contributed by atoms with Gasteiger partial charge in [0.2, 0.25) is 0 Å². The summed E-state index contributed by atoms with van der Waals surface area (Å²) >= 11 is 0. The van der Waals surface area contributed by atoms with E-state index >= 15 is 0 Å². The van der Waals surface area contributed by atoms with Crippen LogP contribution in [0.3, 0.4) is 0 Å². The molecule has 0 radical (unpaired) electrons. The molecule has 0 saturated heterocycles. The first-order valence-corrected chi connectivity index (χ1v) is 8.08. The average Bonchev–Trinajstić information content (AvgIpc) is 2.99. The van der Waals surface area contributed by atoms with Crippen molar-refractivity contribution in [2.45, 2.75) is 57.8 Å².